The molecule has 0 spiro atoms. The molecule has 34 heavy (non-hydrogen) atoms. The summed E-state index contributed by atoms with van der Waals surface area (Å²) in [6.45, 7) is -2.65. The molecule has 2 heterocycles. The van der Waals surface area contributed by atoms with E-state index in [0.29, 0.717) is 40.0 Å². The zero-order chi connectivity index (χ0) is 24.2. The molecule has 0 bridgehead atoms. The third-order valence-electron chi connectivity index (χ3n) is 5.43. The quantitative estimate of drug-likeness (QED) is 0.273. The number of hydrogen-bond donors (Lipinski definition) is 1. The number of carbonyl (C=O) groups is 1. The van der Waals surface area contributed by atoms with Crippen LogP contribution in [0, 0.1) is 11.1 Å². The molecule has 0 amide bonds. The Morgan fingerprint density at radius 2 is 1.97 bits per heavy atom. The minimum atomic E-state index is -3.02. The molecule has 12 heteroatoms. The summed E-state index contributed by atoms with van der Waals surface area (Å²) in [6.07, 6.45) is 3.52. The number of esters is 1. The first-order valence-corrected chi connectivity index (χ1v) is 12.5. The van der Waals surface area contributed by atoms with Crippen molar-refractivity contribution >= 4 is 40.9 Å². The third kappa shape index (κ3) is 6.56. The Morgan fingerprint density at radius 3 is 2.59 bits per heavy atom. The summed E-state index contributed by atoms with van der Waals surface area (Å²) < 4.78 is 42.5. The molecule has 2 aromatic rings. The first-order valence-electron chi connectivity index (χ1n) is 10.6. The molecule has 0 radical (unpaired) electrons. The van der Waals surface area contributed by atoms with E-state index in [4.69, 9.17) is 32.7 Å². The van der Waals surface area contributed by atoms with Crippen LogP contribution < -0.4 is 19.5 Å². The van der Waals surface area contributed by atoms with Gasteiger partial charge in [-0.1, -0.05) is 29.3 Å². The van der Waals surface area contributed by atoms with E-state index >= 15 is 0 Å². The smallest absolute Gasteiger partial charge is 0.387 e. The summed E-state index contributed by atoms with van der Waals surface area (Å²) in [6, 6.07) is 3.92. The highest BCUT2D eigenvalue weighted by Gasteiger charge is 2.30. The van der Waals surface area contributed by atoms with Gasteiger partial charge < -0.3 is 19.4 Å². The van der Waals surface area contributed by atoms with E-state index in [9.17, 15) is 18.8 Å². The fraction of sp³-hybridized carbons (Fsp3) is 0.455. The van der Waals surface area contributed by atoms with E-state index in [0.717, 1.165) is 25.2 Å². The lowest BCUT2D eigenvalue weighted by Gasteiger charge is -2.22. The van der Waals surface area contributed by atoms with E-state index < -0.39 is 24.7 Å². The topological polar surface area (TPSA) is 83.7 Å². The molecular formula is C22H22Cl2F2N2O5S. The number of pyridine rings is 1. The number of thioether (sulfide) groups is 1. The van der Waals surface area contributed by atoms with Crippen LogP contribution >= 0.6 is 35.0 Å². The maximum absolute atomic E-state index is 12.9. The predicted molar refractivity (Wildman–Crippen MR) is 124 cm³/mol. The number of nitrogens with one attached hydrogen (secondary N) is 1. The van der Waals surface area contributed by atoms with Gasteiger partial charge in [-0.3, -0.25) is 10.1 Å². The Balaban J connectivity index is 1.65. The van der Waals surface area contributed by atoms with Crippen molar-refractivity contribution in [1.29, 1.82) is 0 Å². The second kappa shape index (κ2) is 11.2. The van der Waals surface area contributed by atoms with Crippen LogP contribution in [0.15, 0.2) is 30.6 Å². The lowest BCUT2D eigenvalue weighted by Crippen LogP contribution is -2.35. The normalized spacial score (nSPS) is 18.7. The van der Waals surface area contributed by atoms with Crippen LogP contribution in [0.25, 0.3) is 0 Å². The van der Waals surface area contributed by atoms with Gasteiger partial charge in [-0.15, -0.1) is 11.8 Å². The van der Waals surface area contributed by atoms with Crippen LogP contribution in [0.1, 0.15) is 30.1 Å². The average Bonchev–Trinajstić information content (AvgIpc) is 3.44. The Kier molecular flexibility index (Phi) is 8.23. The maximum Gasteiger partial charge on any atom is 0.387 e. The number of aromatic nitrogens is 1. The van der Waals surface area contributed by atoms with E-state index in [-0.39, 0.29) is 28.0 Å². The Bertz CT molecular complexity index is 1020. The zero-order valence-electron chi connectivity index (χ0n) is 17.8. The molecule has 1 aliphatic heterocycles. The number of rotatable bonds is 10. The van der Waals surface area contributed by atoms with Gasteiger partial charge in [-0.05, 0) is 36.5 Å². The van der Waals surface area contributed by atoms with Crippen molar-refractivity contribution in [2.75, 3.05) is 18.2 Å². The largest absolute Gasteiger partial charge is 0.619 e. The van der Waals surface area contributed by atoms with Gasteiger partial charge in [0.1, 0.15) is 22.2 Å². The second-order valence-electron chi connectivity index (χ2n) is 8.03. The van der Waals surface area contributed by atoms with Gasteiger partial charge in [-0.2, -0.15) is 13.5 Å². The standard InChI is InChI=1S/C22H22Cl2F2N2O5S/c23-15-7-28(30)8-16(24)14(15)6-19(32-21(29)17-10-34-11-27-17)13-3-4-18(33-22(25)26)20(5-13)31-9-12-1-2-12/h3-5,7-8,12,17,19,22,27H,1-2,6,9-11H2/t17-,19+/m1/s1. The molecule has 1 aromatic heterocycles. The zero-order valence-corrected chi connectivity index (χ0v) is 20.2. The molecule has 2 fully saturated rings. The molecule has 1 saturated heterocycles. The third-order valence-corrected chi connectivity index (χ3v) is 7.02. The second-order valence-corrected chi connectivity index (χ2v) is 9.88. The van der Waals surface area contributed by atoms with Crippen molar-refractivity contribution in [3.8, 4) is 11.5 Å². The lowest BCUT2D eigenvalue weighted by molar-refractivity contribution is -0.605. The van der Waals surface area contributed by atoms with Crippen LogP contribution in [0.5, 0.6) is 11.5 Å². The van der Waals surface area contributed by atoms with Crippen LogP contribution in [-0.4, -0.2) is 36.9 Å². The van der Waals surface area contributed by atoms with Gasteiger partial charge in [-0.25, -0.2) is 0 Å². The Morgan fingerprint density at radius 1 is 1.24 bits per heavy atom. The van der Waals surface area contributed by atoms with Crippen LogP contribution in [0.4, 0.5) is 8.78 Å². The molecule has 184 valence electrons. The molecule has 2 atom stereocenters. The van der Waals surface area contributed by atoms with Crippen molar-refractivity contribution in [3.63, 3.8) is 0 Å². The van der Waals surface area contributed by atoms with E-state index in [1.807, 2.05) is 0 Å². The van der Waals surface area contributed by atoms with Gasteiger partial charge in [0.05, 0.1) is 6.61 Å². The fourth-order valence-electron chi connectivity index (χ4n) is 3.43. The van der Waals surface area contributed by atoms with Gasteiger partial charge >= 0.3 is 12.6 Å². The van der Waals surface area contributed by atoms with E-state index in [1.54, 1.807) is 11.8 Å². The molecule has 1 N–H and O–H groups in total. The Hall–Kier alpha value is -2.01. The number of benzene rings is 1. The summed E-state index contributed by atoms with van der Waals surface area (Å²) in [5.41, 5.74) is 0.896. The summed E-state index contributed by atoms with van der Waals surface area (Å²) in [4.78, 5) is 12.8. The number of alkyl halides is 2. The average molecular weight is 535 g/mol. The molecule has 1 aromatic carbocycles. The molecule has 2 aliphatic rings. The SMILES string of the molecule is O=C(O[C@@H](Cc1c(Cl)c[n+]([O-])cc1Cl)c1ccc(OC(F)F)c(OCC2CC2)c1)[C@H]1CSCN1. The van der Waals surface area contributed by atoms with Crippen molar-refractivity contribution < 1.29 is 32.5 Å². The van der Waals surface area contributed by atoms with Gasteiger partial charge in [0.2, 0.25) is 0 Å². The highest BCUT2D eigenvalue weighted by atomic mass is 35.5. The fourth-order valence-corrected chi connectivity index (χ4v) is 4.96. The monoisotopic (exact) mass is 534 g/mol. The molecular weight excluding hydrogens is 513 g/mol. The molecule has 4 rings (SSSR count). The molecule has 7 nitrogen and oxygen atoms in total. The van der Waals surface area contributed by atoms with Crippen molar-refractivity contribution in [2.24, 2.45) is 5.92 Å². The highest BCUT2D eigenvalue weighted by Crippen LogP contribution is 2.38. The first kappa shape index (κ1) is 25.1. The highest BCUT2D eigenvalue weighted by molar-refractivity contribution is 7.99. The number of ether oxygens (including phenoxy) is 3. The number of halogens is 4. The van der Waals surface area contributed by atoms with Gasteiger partial charge in [0.15, 0.2) is 23.9 Å². The van der Waals surface area contributed by atoms with E-state index in [1.165, 1.54) is 18.2 Å². The number of nitrogens with zero attached hydrogens (tertiary/aromatic N) is 1. The lowest BCUT2D eigenvalue weighted by atomic mass is 10.0. The molecule has 1 aliphatic carbocycles. The van der Waals surface area contributed by atoms with Crippen molar-refractivity contribution in [3.05, 3.63) is 57.0 Å². The van der Waals surface area contributed by atoms with Gasteiger partial charge in [0, 0.05) is 23.6 Å². The summed E-state index contributed by atoms with van der Waals surface area (Å²) >= 11 is 14.1. The van der Waals surface area contributed by atoms with Gasteiger partial charge in [0.25, 0.3) is 0 Å². The van der Waals surface area contributed by atoms with E-state index in [2.05, 4.69) is 10.1 Å². The van der Waals surface area contributed by atoms with Crippen molar-refractivity contribution in [2.45, 2.75) is 38.0 Å². The first-order chi connectivity index (χ1) is 16.3. The predicted octanol–water partition coefficient (Wildman–Crippen LogP) is 4.51. The minimum Gasteiger partial charge on any atom is -0.619 e. The maximum atomic E-state index is 12.9. The minimum absolute atomic E-state index is 0.0568. The molecule has 0 unspecified atom stereocenters. The summed E-state index contributed by atoms with van der Waals surface area (Å²) in [7, 11) is 0. The number of carbonyl (C=O) groups excluding carboxylic acids is 1. The van der Waals surface area contributed by atoms with Crippen LogP contribution in [0.2, 0.25) is 10.0 Å². The summed E-state index contributed by atoms with van der Waals surface area (Å²) in [5, 5.41) is 14.9. The summed E-state index contributed by atoms with van der Waals surface area (Å²) in [5.74, 6) is 1.12. The Labute approximate surface area is 209 Å². The number of hydrogen-bond acceptors (Lipinski definition) is 7. The van der Waals surface area contributed by atoms with Crippen LogP contribution in [-0.2, 0) is 16.0 Å². The van der Waals surface area contributed by atoms with Crippen molar-refractivity contribution in [1.82, 2.24) is 5.32 Å². The molecule has 1 saturated carbocycles. The van der Waals surface area contributed by atoms with Crippen LogP contribution in [0.3, 0.4) is 0 Å².